The monoisotopic (exact) mass is 373 g/mol. The Labute approximate surface area is 158 Å². The van der Waals surface area contributed by atoms with E-state index in [1.165, 1.54) is 12.1 Å². The van der Waals surface area contributed by atoms with Crippen LogP contribution in [0.4, 0.5) is 14.9 Å². The molecule has 2 aromatic carbocycles. The summed E-state index contributed by atoms with van der Waals surface area (Å²) in [5.74, 6) is -0.203. The van der Waals surface area contributed by atoms with Crippen LogP contribution in [0.5, 0.6) is 0 Å². The van der Waals surface area contributed by atoms with Crippen molar-refractivity contribution in [3.8, 4) is 0 Å². The van der Waals surface area contributed by atoms with Gasteiger partial charge in [0.1, 0.15) is 5.82 Å². The topological polar surface area (TPSA) is 44.4 Å². The summed E-state index contributed by atoms with van der Waals surface area (Å²) >= 11 is 1.61. The lowest BCUT2D eigenvalue weighted by molar-refractivity contribution is 0.190. The highest BCUT2D eigenvalue weighted by molar-refractivity contribution is 7.98. The number of para-hydroxylation sites is 1. The van der Waals surface area contributed by atoms with E-state index in [1.54, 1.807) is 11.8 Å². The minimum absolute atomic E-state index is 0.150. The number of thioether (sulfide) groups is 1. The molecule has 2 amide bonds. The van der Waals surface area contributed by atoms with Crippen molar-refractivity contribution in [2.24, 2.45) is 0 Å². The molecule has 1 saturated heterocycles. The molecule has 4 nitrogen and oxygen atoms in total. The van der Waals surface area contributed by atoms with Crippen LogP contribution in [0.3, 0.4) is 0 Å². The summed E-state index contributed by atoms with van der Waals surface area (Å²) in [5, 5.41) is 6.02. The normalized spacial score (nSPS) is 15.6. The van der Waals surface area contributed by atoms with E-state index in [0.717, 1.165) is 48.6 Å². The van der Waals surface area contributed by atoms with Crippen molar-refractivity contribution in [1.29, 1.82) is 0 Å². The van der Waals surface area contributed by atoms with Gasteiger partial charge < -0.3 is 10.6 Å². The molecule has 0 aromatic heterocycles. The van der Waals surface area contributed by atoms with Crippen LogP contribution in [0.25, 0.3) is 0 Å². The van der Waals surface area contributed by atoms with E-state index < -0.39 is 0 Å². The molecular weight excluding hydrogens is 349 g/mol. The molecular formula is C20H24FN3OS. The van der Waals surface area contributed by atoms with Crippen molar-refractivity contribution in [1.82, 2.24) is 10.2 Å². The molecule has 0 unspecified atom stereocenters. The number of halogens is 1. The third-order valence-corrected chi connectivity index (χ3v) is 5.39. The van der Waals surface area contributed by atoms with Crippen LogP contribution in [0.2, 0.25) is 0 Å². The molecule has 138 valence electrons. The highest BCUT2D eigenvalue weighted by atomic mass is 32.2. The Bertz CT molecular complexity index is 730. The first-order valence-electron chi connectivity index (χ1n) is 8.81. The molecule has 0 atom stereocenters. The number of benzene rings is 2. The van der Waals surface area contributed by atoms with Gasteiger partial charge in [-0.1, -0.05) is 24.3 Å². The van der Waals surface area contributed by atoms with Crippen molar-refractivity contribution < 1.29 is 9.18 Å². The Hall–Kier alpha value is -2.05. The van der Waals surface area contributed by atoms with Crippen molar-refractivity contribution in [3.63, 3.8) is 0 Å². The highest BCUT2D eigenvalue weighted by Gasteiger charge is 2.21. The van der Waals surface area contributed by atoms with Crippen LogP contribution in [-0.2, 0) is 6.54 Å². The fourth-order valence-electron chi connectivity index (χ4n) is 3.18. The van der Waals surface area contributed by atoms with E-state index in [2.05, 4.69) is 15.5 Å². The summed E-state index contributed by atoms with van der Waals surface area (Å²) in [6, 6.07) is 14.5. The van der Waals surface area contributed by atoms with Crippen LogP contribution in [0.1, 0.15) is 18.4 Å². The second-order valence-corrected chi connectivity index (χ2v) is 7.32. The summed E-state index contributed by atoms with van der Waals surface area (Å²) in [7, 11) is 0. The van der Waals surface area contributed by atoms with Gasteiger partial charge in [-0.2, -0.15) is 0 Å². The number of hydrogen-bond acceptors (Lipinski definition) is 3. The Morgan fingerprint density at radius 2 is 1.85 bits per heavy atom. The number of carbonyl (C=O) groups excluding carboxylic acids is 1. The lowest BCUT2D eigenvalue weighted by Gasteiger charge is -2.32. The van der Waals surface area contributed by atoms with Gasteiger partial charge in [-0.3, -0.25) is 4.90 Å². The first-order chi connectivity index (χ1) is 12.6. The van der Waals surface area contributed by atoms with Gasteiger partial charge in [0.2, 0.25) is 0 Å². The van der Waals surface area contributed by atoms with E-state index >= 15 is 0 Å². The number of anilines is 1. The number of carbonyl (C=O) groups is 1. The molecule has 2 N–H and O–H groups in total. The SMILES string of the molecule is CSc1ccccc1NC(=O)NC1CCN(Cc2ccc(F)cc2)CC1. The predicted molar refractivity (Wildman–Crippen MR) is 105 cm³/mol. The number of rotatable bonds is 5. The lowest BCUT2D eigenvalue weighted by Crippen LogP contribution is -2.45. The second-order valence-electron chi connectivity index (χ2n) is 6.48. The number of urea groups is 1. The van der Waals surface area contributed by atoms with Crippen LogP contribution in [0, 0.1) is 5.82 Å². The predicted octanol–water partition coefficient (Wildman–Crippen LogP) is 4.33. The number of nitrogens with zero attached hydrogens (tertiary/aromatic N) is 1. The maximum Gasteiger partial charge on any atom is 0.319 e. The number of amides is 2. The molecule has 6 heteroatoms. The molecule has 1 aliphatic rings. The van der Waals surface area contributed by atoms with Gasteiger partial charge in [-0.25, -0.2) is 9.18 Å². The summed E-state index contributed by atoms with van der Waals surface area (Å²) in [5.41, 5.74) is 1.95. The second kappa shape index (κ2) is 9.05. The Balaban J connectivity index is 1.44. The van der Waals surface area contributed by atoms with E-state index in [-0.39, 0.29) is 17.9 Å². The van der Waals surface area contributed by atoms with Gasteiger partial charge in [-0.15, -0.1) is 11.8 Å². The van der Waals surface area contributed by atoms with Gasteiger partial charge in [-0.05, 0) is 48.9 Å². The van der Waals surface area contributed by atoms with Gasteiger partial charge in [0, 0.05) is 30.6 Å². The molecule has 0 saturated carbocycles. The molecule has 3 rings (SSSR count). The molecule has 0 bridgehead atoms. The zero-order valence-corrected chi connectivity index (χ0v) is 15.7. The maximum atomic E-state index is 13.0. The standard InChI is InChI=1S/C20H24FN3OS/c1-26-19-5-3-2-4-18(19)23-20(25)22-17-10-12-24(13-11-17)14-15-6-8-16(21)9-7-15/h2-9,17H,10-14H2,1H3,(H2,22,23,25). The van der Waals surface area contributed by atoms with Gasteiger partial charge >= 0.3 is 6.03 Å². The van der Waals surface area contributed by atoms with E-state index in [4.69, 9.17) is 0 Å². The van der Waals surface area contributed by atoms with E-state index in [0.29, 0.717) is 0 Å². The molecule has 0 spiro atoms. The first kappa shape index (κ1) is 18.7. The van der Waals surface area contributed by atoms with Crippen molar-refractivity contribution in [3.05, 3.63) is 59.9 Å². The third-order valence-electron chi connectivity index (χ3n) is 4.60. The van der Waals surface area contributed by atoms with Crippen LogP contribution in [0.15, 0.2) is 53.4 Å². The molecule has 0 aliphatic carbocycles. The molecule has 1 aliphatic heterocycles. The van der Waals surface area contributed by atoms with Gasteiger partial charge in [0.15, 0.2) is 0 Å². The van der Waals surface area contributed by atoms with Gasteiger partial charge in [0.25, 0.3) is 0 Å². The fraction of sp³-hybridized carbons (Fsp3) is 0.350. The van der Waals surface area contributed by atoms with E-state index in [9.17, 15) is 9.18 Å². The van der Waals surface area contributed by atoms with E-state index in [1.807, 2.05) is 42.7 Å². The highest BCUT2D eigenvalue weighted by Crippen LogP contribution is 2.24. The largest absolute Gasteiger partial charge is 0.335 e. The number of piperidine rings is 1. The average molecular weight is 373 g/mol. The summed E-state index contributed by atoms with van der Waals surface area (Å²) < 4.78 is 13.0. The average Bonchev–Trinajstić information content (AvgIpc) is 2.65. The molecule has 2 aromatic rings. The first-order valence-corrected chi connectivity index (χ1v) is 10.0. The van der Waals surface area contributed by atoms with Crippen molar-refractivity contribution in [2.75, 3.05) is 24.7 Å². The summed E-state index contributed by atoms with van der Waals surface area (Å²) in [4.78, 5) is 15.7. The maximum absolute atomic E-state index is 13.0. The third kappa shape index (κ3) is 5.22. The van der Waals surface area contributed by atoms with Crippen molar-refractivity contribution >= 4 is 23.5 Å². The summed E-state index contributed by atoms with van der Waals surface area (Å²) in [6.07, 6.45) is 3.83. The van der Waals surface area contributed by atoms with Crippen LogP contribution >= 0.6 is 11.8 Å². The number of likely N-dealkylation sites (tertiary alicyclic amines) is 1. The lowest BCUT2D eigenvalue weighted by atomic mass is 10.0. The quantitative estimate of drug-likeness (QED) is 0.767. The van der Waals surface area contributed by atoms with Crippen molar-refractivity contribution in [2.45, 2.75) is 30.3 Å². The van der Waals surface area contributed by atoms with Crippen LogP contribution < -0.4 is 10.6 Å². The summed E-state index contributed by atoms with van der Waals surface area (Å²) in [6.45, 7) is 2.66. The number of nitrogens with one attached hydrogen (secondary N) is 2. The zero-order valence-electron chi connectivity index (χ0n) is 14.9. The zero-order chi connectivity index (χ0) is 18.4. The number of hydrogen-bond donors (Lipinski definition) is 2. The fourth-order valence-corrected chi connectivity index (χ4v) is 3.73. The molecule has 1 fully saturated rings. The molecule has 26 heavy (non-hydrogen) atoms. The Morgan fingerprint density at radius 3 is 2.54 bits per heavy atom. The Morgan fingerprint density at radius 1 is 1.15 bits per heavy atom. The molecule has 1 heterocycles. The smallest absolute Gasteiger partial charge is 0.319 e. The van der Waals surface area contributed by atoms with Gasteiger partial charge in [0.05, 0.1) is 5.69 Å². The Kier molecular flexibility index (Phi) is 6.52. The molecule has 0 radical (unpaired) electrons. The minimum atomic E-state index is -0.203. The minimum Gasteiger partial charge on any atom is -0.335 e. The van der Waals surface area contributed by atoms with Crippen LogP contribution in [-0.4, -0.2) is 36.3 Å².